The highest BCUT2D eigenvalue weighted by Gasteiger charge is 2.41. The van der Waals surface area contributed by atoms with Crippen molar-refractivity contribution in [1.82, 2.24) is 15.5 Å². The lowest BCUT2D eigenvalue weighted by Crippen LogP contribution is -2.51. The minimum Gasteiger partial charge on any atom is -0.491 e. The molecule has 36 heavy (non-hydrogen) atoms. The van der Waals surface area contributed by atoms with Crippen LogP contribution in [0, 0.1) is 19.3 Å². The fraction of sp³-hybridized carbons (Fsp3) is 0.533. The lowest BCUT2D eigenvalue weighted by molar-refractivity contribution is -0.135. The van der Waals surface area contributed by atoms with E-state index < -0.39 is 0 Å². The van der Waals surface area contributed by atoms with Gasteiger partial charge in [0.1, 0.15) is 12.4 Å². The minimum atomic E-state index is -0.338. The number of carbonyl (C=O) groups is 2. The fourth-order valence-corrected chi connectivity index (χ4v) is 5.37. The van der Waals surface area contributed by atoms with Gasteiger partial charge in [-0.15, -0.1) is 0 Å². The number of fused-ring (bicyclic) bond motifs is 1. The molecule has 2 amide bonds. The Morgan fingerprint density at radius 2 is 1.75 bits per heavy atom. The van der Waals surface area contributed by atoms with E-state index >= 15 is 0 Å². The number of benzene rings is 2. The monoisotopic (exact) mass is 491 g/mol. The topological polar surface area (TPSA) is 70.7 Å². The van der Waals surface area contributed by atoms with Gasteiger partial charge in [-0.25, -0.2) is 0 Å². The molecular formula is C30H41N3O3. The maximum absolute atomic E-state index is 13.6. The van der Waals surface area contributed by atoms with Crippen LogP contribution < -0.4 is 15.4 Å². The molecule has 2 N–H and O–H groups in total. The van der Waals surface area contributed by atoms with Gasteiger partial charge in [-0.05, 0) is 88.4 Å². The third kappa shape index (κ3) is 6.47. The number of piperidine rings is 1. The van der Waals surface area contributed by atoms with E-state index in [0.717, 1.165) is 58.2 Å². The Balaban J connectivity index is 1.42. The maximum atomic E-state index is 13.6. The van der Waals surface area contributed by atoms with E-state index in [-0.39, 0.29) is 23.3 Å². The standard InChI is InChI=1S/C30H41N3O3/c1-22-11-12-25(19-23(22)2)20-33-17-14-30(15-18-33)13-7-4-8-16-31-28(34)26-9-5-6-10-27(26)36-21-24(3)32-29(30)35/h5-6,9-12,19,24H,4,7-8,13-18,20-21H2,1-3H3,(H,31,34)(H,32,35)/t24-/m0/s1. The Labute approximate surface area is 215 Å². The summed E-state index contributed by atoms with van der Waals surface area (Å²) in [4.78, 5) is 28.8. The van der Waals surface area contributed by atoms with E-state index in [1.807, 2.05) is 25.1 Å². The Morgan fingerprint density at radius 3 is 2.53 bits per heavy atom. The van der Waals surface area contributed by atoms with Crippen molar-refractivity contribution in [2.45, 2.75) is 71.9 Å². The minimum absolute atomic E-state index is 0.107. The van der Waals surface area contributed by atoms with E-state index in [4.69, 9.17) is 4.74 Å². The van der Waals surface area contributed by atoms with Gasteiger partial charge in [-0.1, -0.05) is 43.2 Å². The lowest BCUT2D eigenvalue weighted by atomic mass is 9.73. The summed E-state index contributed by atoms with van der Waals surface area (Å²) in [6, 6.07) is 13.9. The van der Waals surface area contributed by atoms with Crippen molar-refractivity contribution in [3.8, 4) is 5.75 Å². The van der Waals surface area contributed by atoms with E-state index in [9.17, 15) is 9.59 Å². The van der Waals surface area contributed by atoms with Crippen molar-refractivity contribution >= 4 is 11.8 Å². The Morgan fingerprint density at radius 1 is 0.972 bits per heavy atom. The number of hydrogen-bond donors (Lipinski definition) is 2. The number of amides is 2. The SMILES string of the molecule is Cc1ccc(CN2CCC3(CCCCCNC(=O)c4ccccc4OC[C@H](C)NC3=O)CC2)cc1C. The van der Waals surface area contributed by atoms with Crippen LogP contribution in [0.3, 0.4) is 0 Å². The number of rotatable bonds is 2. The van der Waals surface area contributed by atoms with Crippen molar-refractivity contribution in [3.63, 3.8) is 0 Å². The average molecular weight is 492 g/mol. The molecule has 0 radical (unpaired) electrons. The van der Waals surface area contributed by atoms with Crippen molar-refractivity contribution < 1.29 is 14.3 Å². The van der Waals surface area contributed by atoms with Gasteiger partial charge in [-0.3, -0.25) is 14.5 Å². The molecule has 0 bridgehead atoms. The molecule has 0 unspecified atom stereocenters. The van der Waals surface area contributed by atoms with Crippen molar-refractivity contribution in [2.24, 2.45) is 5.41 Å². The number of carbonyl (C=O) groups excluding carboxylic acids is 2. The van der Waals surface area contributed by atoms with Gasteiger partial charge in [0.2, 0.25) is 5.91 Å². The molecule has 6 heteroatoms. The summed E-state index contributed by atoms with van der Waals surface area (Å²) in [7, 11) is 0. The second-order valence-electron chi connectivity index (χ2n) is 10.7. The number of nitrogens with zero attached hydrogens (tertiary/aromatic N) is 1. The molecule has 0 saturated carbocycles. The first kappa shape index (κ1) is 26.2. The highest BCUT2D eigenvalue weighted by Crippen LogP contribution is 2.38. The number of likely N-dealkylation sites (tertiary alicyclic amines) is 1. The molecule has 2 heterocycles. The van der Waals surface area contributed by atoms with E-state index in [2.05, 4.69) is 47.6 Å². The molecular weight excluding hydrogens is 450 g/mol. The predicted octanol–water partition coefficient (Wildman–Crippen LogP) is 4.77. The van der Waals surface area contributed by atoms with Gasteiger partial charge in [0.15, 0.2) is 0 Å². The molecule has 0 aliphatic carbocycles. The van der Waals surface area contributed by atoms with Gasteiger partial charge in [0, 0.05) is 13.1 Å². The van der Waals surface area contributed by atoms with Gasteiger partial charge in [0.05, 0.1) is 17.0 Å². The van der Waals surface area contributed by atoms with Gasteiger partial charge >= 0.3 is 0 Å². The molecule has 1 atom stereocenters. The van der Waals surface area contributed by atoms with Crippen LogP contribution in [0.4, 0.5) is 0 Å². The second-order valence-corrected chi connectivity index (χ2v) is 10.7. The lowest BCUT2D eigenvalue weighted by Gasteiger charge is -2.41. The highest BCUT2D eigenvalue weighted by atomic mass is 16.5. The summed E-state index contributed by atoms with van der Waals surface area (Å²) in [6.45, 7) is 10.0. The first-order chi connectivity index (χ1) is 17.4. The quantitative estimate of drug-likeness (QED) is 0.635. The zero-order valence-electron chi connectivity index (χ0n) is 22.1. The summed E-state index contributed by atoms with van der Waals surface area (Å²) in [5, 5.41) is 6.27. The zero-order valence-corrected chi connectivity index (χ0v) is 22.1. The molecule has 2 aliphatic heterocycles. The number of nitrogens with one attached hydrogen (secondary N) is 2. The Kier molecular flexibility index (Phi) is 8.68. The molecule has 6 nitrogen and oxygen atoms in total. The summed E-state index contributed by atoms with van der Waals surface area (Å²) >= 11 is 0. The highest BCUT2D eigenvalue weighted by molar-refractivity contribution is 5.96. The van der Waals surface area contributed by atoms with Crippen LogP contribution in [0.2, 0.25) is 0 Å². The molecule has 1 spiro atoms. The molecule has 0 aromatic heterocycles. The smallest absolute Gasteiger partial charge is 0.255 e. The Bertz CT molecular complexity index is 1060. The molecule has 194 valence electrons. The molecule has 1 fully saturated rings. The first-order valence-corrected chi connectivity index (χ1v) is 13.5. The fourth-order valence-electron chi connectivity index (χ4n) is 5.37. The molecule has 1 saturated heterocycles. The van der Waals surface area contributed by atoms with E-state index in [0.29, 0.717) is 24.5 Å². The van der Waals surface area contributed by atoms with Crippen molar-refractivity contribution in [3.05, 3.63) is 64.7 Å². The third-order valence-electron chi connectivity index (χ3n) is 7.89. The van der Waals surface area contributed by atoms with Crippen LogP contribution >= 0.6 is 0 Å². The number of hydrogen-bond acceptors (Lipinski definition) is 4. The van der Waals surface area contributed by atoms with Crippen LogP contribution in [-0.2, 0) is 11.3 Å². The van der Waals surface area contributed by atoms with Crippen LogP contribution in [0.5, 0.6) is 5.75 Å². The molecule has 4 rings (SSSR count). The average Bonchev–Trinajstić information content (AvgIpc) is 2.88. The number of ether oxygens (including phenoxy) is 1. The van der Waals surface area contributed by atoms with E-state index in [1.165, 1.54) is 16.7 Å². The van der Waals surface area contributed by atoms with Crippen molar-refractivity contribution in [1.29, 1.82) is 0 Å². The van der Waals surface area contributed by atoms with Crippen LogP contribution in [0.25, 0.3) is 0 Å². The van der Waals surface area contributed by atoms with Gasteiger partial charge in [0.25, 0.3) is 5.91 Å². The Hall–Kier alpha value is -2.86. The predicted molar refractivity (Wildman–Crippen MR) is 143 cm³/mol. The van der Waals surface area contributed by atoms with Crippen LogP contribution in [0.15, 0.2) is 42.5 Å². The summed E-state index contributed by atoms with van der Waals surface area (Å²) in [5.41, 5.74) is 4.20. The normalized spacial score (nSPS) is 21.9. The molecule has 2 aliphatic rings. The number of para-hydroxylation sites is 1. The van der Waals surface area contributed by atoms with Crippen LogP contribution in [-0.4, -0.2) is 49.0 Å². The summed E-state index contributed by atoms with van der Waals surface area (Å²) in [5.74, 6) is 0.604. The molecule has 2 aromatic rings. The largest absolute Gasteiger partial charge is 0.491 e. The zero-order chi connectivity index (χ0) is 25.5. The molecule has 2 aromatic carbocycles. The van der Waals surface area contributed by atoms with Gasteiger partial charge < -0.3 is 15.4 Å². The van der Waals surface area contributed by atoms with E-state index in [1.54, 1.807) is 6.07 Å². The summed E-state index contributed by atoms with van der Waals surface area (Å²) in [6.07, 6.45) is 5.52. The van der Waals surface area contributed by atoms with Crippen LogP contribution in [0.1, 0.15) is 72.5 Å². The third-order valence-corrected chi connectivity index (χ3v) is 7.89. The maximum Gasteiger partial charge on any atom is 0.255 e. The van der Waals surface area contributed by atoms with Crippen molar-refractivity contribution in [2.75, 3.05) is 26.2 Å². The first-order valence-electron chi connectivity index (χ1n) is 13.5. The second kappa shape index (κ2) is 11.9. The summed E-state index contributed by atoms with van der Waals surface area (Å²) < 4.78 is 5.99. The van der Waals surface area contributed by atoms with Gasteiger partial charge in [-0.2, -0.15) is 0 Å². The number of aryl methyl sites for hydroxylation is 2.